The first-order valence-corrected chi connectivity index (χ1v) is 10.2. The molecule has 0 bridgehead atoms. The van der Waals surface area contributed by atoms with E-state index in [0.29, 0.717) is 11.1 Å². The summed E-state index contributed by atoms with van der Waals surface area (Å²) in [6, 6.07) is 9.03. The maximum atomic E-state index is 10.8. The van der Waals surface area contributed by atoms with E-state index in [1.165, 1.54) is 19.3 Å². The van der Waals surface area contributed by atoms with Crippen molar-refractivity contribution >= 4 is 5.57 Å². The standard InChI is InChI=1S/C25H34O3/c1-6-7-8-9-12-25(4,5)19-14-22(27)24(23(28)15-19)21-13-18(16-26)10-11-20(21)17(2)3/h10-11,13-15,26-28H,2,6-9,12,16H2,1,3-5H3. The van der Waals surface area contributed by atoms with Crippen LogP contribution in [0.25, 0.3) is 16.7 Å². The van der Waals surface area contributed by atoms with Gasteiger partial charge >= 0.3 is 0 Å². The molecule has 0 saturated heterocycles. The Kier molecular flexibility index (Phi) is 7.31. The van der Waals surface area contributed by atoms with Gasteiger partial charge in [0.25, 0.3) is 0 Å². The lowest BCUT2D eigenvalue weighted by atomic mass is 9.79. The smallest absolute Gasteiger partial charge is 0.127 e. The quantitative estimate of drug-likeness (QED) is 0.432. The van der Waals surface area contributed by atoms with Gasteiger partial charge in [-0.25, -0.2) is 0 Å². The van der Waals surface area contributed by atoms with E-state index in [1.807, 2.05) is 19.1 Å². The molecule has 0 spiro atoms. The number of phenols is 2. The van der Waals surface area contributed by atoms with Crippen LogP contribution >= 0.6 is 0 Å². The summed E-state index contributed by atoms with van der Waals surface area (Å²) in [5.74, 6) is 0.100. The summed E-state index contributed by atoms with van der Waals surface area (Å²) >= 11 is 0. The van der Waals surface area contributed by atoms with E-state index in [0.717, 1.165) is 35.1 Å². The van der Waals surface area contributed by atoms with Gasteiger partial charge in [-0.05, 0) is 59.2 Å². The van der Waals surface area contributed by atoms with Gasteiger partial charge in [0.05, 0.1) is 12.2 Å². The lowest BCUT2D eigenvalue weighted by Crippen LogP contribution is -2.17. The van der Waals surface area contributed by atoms with Gasteiger partial charge in [-0.1, -0.05) is 70.7 Å². The average Bonchev–Trinajstić information content (AvgIpc) is 2.64. The molecule has 2 aromatic carbocycles. The van der Waals surface area contributed by atoms with Crippen molar-refractivity contribution in [2.45, 2.75) is 71.8 Å². The van der Waals surface area contributed by atoms with Crippen LogP contribution in [0.4, 0.5) is 0 Å². The van der Waals surface area contributed by atoms with E-state index < -0.39 is 0 Å². The predicted octanol–water partition coefficient (Wildman–Crippen LogP) is 6.54. The number of rotatable bonds is 9. The Labute approximate surface area is 169 Å². The molecule has 0 heterocycles. The number of hydrogen-bond acceptors (Lipinski definition) is 3. The highest BCUT2D eigenvalue weighted by atomic mass is 16.3. The molecule has 2 rings (SSSR count). The second kappa shape index (κ2) is 9.29. The molecule has 0 radical (unpaired) electrons. The van der Waals surface area contributed by atoms with Crippen LogP contribution in [0.2, 0.25) is 0 Å². The minimum Gasteiger partial charge on any atom is -0.507 e. The molecule has 0 aliphatic heterocycles. The van der Waals surface area contributed by atoms with Crippen molar-refractivity contribution in [2.24, 2.45) is 0 Å². The molecule has 0 saturated carbocycles. The van der Waals surface area contributed by atoms with Gasteiger partial charge in [-0.3, -0.25) is 0 Å². The molecule has 0 aliphatic carbocycles. The summed E-state index contributed by atoms with van der Waals surface area (Å²) in [5, 5.41) is 31.1. The molecule has 3 heteroatoms. The Balaban J connectivity index is 2.46. The van der Waals surface area contributed by atoms with Crippen LogP contribution < -0.4 is 0 Å². The van der Waals surface area contributed by atoms with Crippen molar-refractivity contribution in [1.29, 1.82) is 0 Å². The van der Waals surface area contributed by atoms with Gasteiger partial charge in [0.1, 0.15) is 11.5 Å². The number of phenolic OH excluding ortho intramolecular Hbond substituents is 2. The normalized spacial score (nSPS) is 11.6. The zero-order valence-electron chi connectivity index (χ0n) is 17.7. The molecule has 2 aromatic rings. The molecule has 152 valence electrons. The highest BCUT2D eigenvalue weighted by molar-refractivity contribution is 5.86. The van der Waals surface area contributed by atoms with Gasteiger partial charge in [-0.2, -0.15) is 0 Å². The molecule has 0 amide bonds. The average molecular weight is 383 g/mol. The molecular formula is C25H34O3. The lowest BCUT2D eigenvalue weighted by molar-refractivity contribution is 0.282. The highest BCUT2D eigenvalue weighted by Crippen LogP contribution is 2.44. The molecule has 0 aromatic heterocycles. The first-order chi connectivity index (χ1) is 13.2. The molecule has 3 nitrogen and oxygen atoms in total. The van der Waals surface area contributed by atoms with Crippen molar-refractivity contribution in [2.75, 3.05) is 0 Å². The molecule has 0 aliphatic rings. The van der Waals surface area contributed by atoms with Crippen LogP contribution in [-0.2, 0) is 12.0 Å². The van der Waals surface area contributed by atoms with E-state index in [-0.39, 0.29) is 23.5 Å². The van der Waals surface area contributed by atoms with Crippen LogP contribution in [-0.4, -0.2) is 15.3 Å². The van der Waals surface area contributed by atoms with Crippen molar-refractivity contribution in [3.05, 3.63) is 53.6 Å². The highest BCUT2D eigenvalue weighted by Gasteiger charge is 2.24. The third kappa shape index (κ3) is 4.96. The number of unbranched alkanes of at least 4 members (excludes halogenated alkanes) is 3. The number of allylic oxidation sites excluding steroid dienone is 1. The van der Waals surface area contributed by atoms with E-state index in [4.69, 9.17) is 0 Å². The SMILES string of the molecule is C=C(C)c1ccc(CO)cc1-c1c(O)cc(C(C)(C)CCCCCC)cc1O. The first kappa shape index (κ1) is 22.0. The van der Waals surface area contributed by atoms with Crippen LogP contribution in [0.1, 0.15) is 76.5 Å². The number of aliphatic hydroxyl groups excluding tert-OH is 1. The van der Waals surface area contributed by atoms with Gasteiger partial charge in [0.15, 0.2) is 0 Å². The Bertz CT molecular complexity index is 811. The third-order valence-corrected chi connectivity index (χ3v) is 5.53. The van der Waals surface area contributed by atoms with Gasteiger partial charge in [0.2, 0.25) is 0 Å². The van der Waals surface area contributed by atoms with Gasteiger partial charge in [0, 0.05) is 0 Å². The zero-order chi connectivity index (χ0) is 20.9. The third-order valence-electron chi connectivity index (χ3n) is 5.53. The molecule has 3 N–H and O–H groups in total. The Morgan fingerprint density at radius 1 is 1.00 bits per heavy atom. The lowest BCUT2D eigenvalue weighted by Gasteiger charge is -2.27. The van der Waals surface area contributed by atoms with E-state index in [1.54, 1.807) is 18.2 Å². The minimum atomic E-state index is -0.134. The number of benzene rings is 2. The maximum absolute atomic E-state index is 10.8. The zero-order valence-corrected chi connectivity index (χ0v) is 17.7. The fourth-order valence-corrected chi connectivity index (χ4v) is 3.69. The fourth-order valence-electron chi connectivity index (χ4n) is 3.69. The second-order valence-electron chi connectivity index (χ2n) is 8.40. The summed E-state index contributed by atoms with van der Waals surface area (Å²) in [4.78, 5) is 0. The van der Waals surface area contributed by atoms with Crippen molar-refractivity contribution in [3.63, 3.8) is 0 Å². The Morgan fingerprint density at radius 3 is 2.18 bits per heavy atom. The van der Waals surface area contributed by atoms with Gasteiger partial charge < -0.3 is 15.3 Å². The second-order valence-corrected chi connectivity index (χ2v) is 8.40. The van der Waals surface area contributed by atoms with Crippen LogP contribution in [0.3, 0.4) is 0 Å². The summed E-state index contributed by atoms with van der Waals surface area (Å²) in [7, 11) is 0. The molecule has 28 heavy (non-hydrogen) atoms. The molecular weight excluding hydrogens is 348 g/mol. The van der Waals surface area contributed by atoms with Crippen molar-refractivity contribution in [1.82, 2.24) is 0 Å². The van der Waals surface area contributed by atoms with Crippen LogP contribution in [0.15, 0.2) is 36.9 Å². The topological polar surface area (TPSA) is 60.7 Å². The summed E-state index contributed by atoms with van der Waals surface area (Å²) in [6.07, 6.45) is 5.77. The van der Waals surface area contributed by atoms with E-state index >= 15 is 0 Å². The van der Waals surface area contributed by atoms with Gasteiger partial charge in [-0.15, -0.1) is 0 Å². The van der Waals surface area contributed by atoms with Crippen LogP contribution in [0, 0.1) is 0 Å². The van der Waals surface area contributed by atoms with Crippen molar-refractivity contribution in [3.8, 4) is 22.6 Å². The van der Waals surface area contributed by atoms with Crippen molar-refractivity contribution < 1.29 is 15.3 Å². The van der Waals surface area contributed by atoms with Crippen LogP contribution in [0.5, 0.6) is 11.5 Å². The largest absolute Gasteiger partial charge is 0.507 e. The molecule has 0 fully saturated rings. The minimum absolute atomic E-state index is 0.0502. The maximum Gasteiger partial charge on any atom is 0.127 e. The summed E-state index contributed by atoms with van der Waals surface area (Å²) < 4.78 is 0. The Hall–Kier alpha value is -2.26. The van der Waals surface area contributed by atoms with E-state index in [2.05, 4.69) is 27.4 Å². The monoisotopic (exact) mass is 382 g/mol. The fraction of sp³-hybridized carbons (Fsp3) is 0.440. The number of aromatic hydroxyl groups is 2. The summed E-state index contributed by atoms with van der Waals surface area (Å²) in [6.45, 7) is 12.3. The first-order valence-electron chi connectivity index (χ1n) is 10.2. The summed E-state index contributed by atoms with van der Waals surface area (Å²) in [5.41, 5.74) is 4.26. The Morgan fingerprint density at radius 2 is 1.64 bits per heavy atom. The predicted molar refractivity (Wildman–Crippen MR) is 118 cm³/mol. The van der Waals surface area contributed by atoms with E-state index in [9.17, 15) is 15.3 Å². The number of aliphatic hydroxyl groups is 1. The number of hydrogen-bond donors (Lipinski definition) is 3. The molecule has 0 atom stereocenters. The molecule has 0 unspecified atom stereocenters.